The van der Waals surface area contributed by atoms with Crippen LogP contribution in [0.15, 0.2) is 93.5 Å². The second-order valence-electron chi connectivity index (χ2n) is 7.19. The van der Waals surface area contributed by atoms with Gasteiger partial charge in [-0.25, -0.2) is 8.42 Å². The van der Waals surface area contributed by atoms with Crippen molar-refractivity contribution in [2.24, 2.45) is 0 Å². The van der Waals surface area contributed by atoms with Crippen molar-refractivity contribution < 1.29 is 22.7 Å². The number of rotatable bonds is 9. The molecule has 0 fully saturated rings. The first-order chi connectivity index (χ1) is 15.8. The van der Waals surface area contributed by atoms with Crippen LogP contribution in [0, 0.1) is 6.92 Å². The summed E-state index contributed by atoms with van der Waals surface area (Å²) in [5, 5.41) is 2.73. The maximum atomic E-state index is 12.6. The molecule has 3 aromatic rings. The second-order valence-corrected chi connectivity index (χ2v) is 10.4. The third-order valence-electron chi connectivity index (χ3n) is 4.58. The lowest BCUT2D eigenvalue weighted by Crippen LogP contribution is -2.34. The Balaban J connectivity index is 1.54. The summed E-state index contributed by atoms with van der Waals surface area (Å²) in [5.74, 6) is -1.34. The average Bonchev–Trinajstić information content (AvgIpc) is 2.80. The number of hydrogen-bond donors (Lipinski definition) is 1. The number of carbonyl (C=O) groups excluding carboxylic acids is 2. The SMILES string of the molecule is Cc1ccc(S(=O)(=O)N(C)CC(=O)OCC(=O)Nc2ccccc2Sc2ccccc2)cc1. The molecule has 0 aromatic heterocycles. The predicted molar refractivity (Wildman–Crippen MR) is 128 cm³/mol. The number of benzene rings is 3. The van der Waals surface area contributed by atoms with Crippen LogP contribution in [0.1, 0.15) is 5.56 Å². The number of nitrogens with zero attached hydrogens (tertiary/aromatic N) is 1. The van der Waals surface area contributed by atoms with Crippen LogP contribution in [0.4, 0.5) is 5.69 Å². The summed E-state index contributed by atoms with van der Waals surface area (Å²) in [5.41, 5.74) is 1.51. The van der Waals surface area contributed by atoms with Crippen molar-refractivity contribution in [3.8, 4) is 0 Å². The third kappa shape index (κ3) is 6.92. The molecule has 0 aliphatic rings. The van der Waals surface area contributed by atoms with Crippen molar-refractivity contribution in [3.63, 3.8) is 0 Å². The Morgan fingerprint density at radius 2 is 1.58 bits per heavy atom. The minimum atomic E-state index is -3.84. The van der Waals surface area contributed by atoms with E-state index in [1.165, 1.54) is 30.9 Å². The normalized spacial score (nSPS) is 11.2. The molecule has 0 bridgehead atoms. The standard InChI is InChI=1S/C24H24N2O5S2/c1-18-12-14-20(15-13-18)33(29,30)26(2)16-24(28)31-17-23(27)25-21-10-6-7-11-22(21)32-19-8-4-3-5-9-19/h3-15H,16-17H2,1-2H3,(H,25,27). The highest BCUT2D eigenvalue weighted by Crippen LogP contribution is 2.33. The molecule has 0 atom stereocenters. The zero-order valence-electron chi connectivity index (χ0n) is 18.2. The van der Waals surface area contributed by atoms with E-state index < -0.39 is 35.1 Å². The first-order valence-corrected chi connectivity index (χ1v) is 12.3. The van der Waals surface area contributed by atoms with E-state index in [2.05, 4.69) is 5.32 Å². The second kappa shape index (κ2) is 11.1. The first kappa shape index (κ1) is 24.5. The molecule has 3 aromatic carbocycles. The van der Waals surface area contributed by atoms with Crippen LogP contribution in [0.2, 0.25) is 0 Å². The minimum Gasteiger partial charge on any atom is -0.455 e. The molecule has 7 nitrogen and oxygen atoms in total. The van der Waals surface area contributed by atoms with Crippen molar-refractivity contribution in [1.82, 2.24) is 4.31 Å². The smallest absolute Gasteiger partial charge is 0.321 e. The molecule has 9 heteroatoms. The van der Waals surface area contributed by atoms with Crippen LogP contribution in [-0.2, 0) is 24.3 Å². The molecular formula is C24H24N2O5S2. The lowest BCUT2D eigenvalue weighted by Gasteiger charge is -2.16. The molecule has 0 heterocycles. The van der Waals surface area contributed by atoms with E-state index in [-0.39, 0.29) is 4.90 Å². The number of nitrogens with one attached hydrogen (secondary N) is 1. The molecule has 0 spiro atoms. The van der Waals surface area contributed by atoms with Crippen LogP contribution in [0.25, 0.3) is 0 Å². The summed E-state index contributed by atoms with van der Waals surface area (Å²) in [6.07, 6.45) is 0. The van der Waals surface area contributed by atoms with E-state index in [0.29, 0.717) is 5.69 Å². The Morgan fingerprint density at radius 3 is 2.27 bits per heavy atom. The maximum Gasteiger partial charge on any atom is 0.321 e. The van der Waals surface area contributed by atoms with E-state index >= 15 is 0 Å². The Morgan fingerprint density at radius 1 is 0.939 bits per heavy atom. The Bertz CT molecular complexity index is 1210. The molecule has 1 N–H and O–H groups in total. The van der Waals surface area contributed by atoms with Crippen molar-refractivity contribution in [2.75, 3.05) is 25.5 Å². The number of sulfonamides is 1. The molecule has 1 amide bonds. The number of ether oxygens (including phenoxy) is 1. The predicted octanol–water partition coefficient (Wildman–Crippen LogP) is 3.95. The van der Waals surface area contributed by atoms with Crippen molar-refractivity contribution >= 4 is 39.3 Å². The summed E-state index contributed by atoms with van der Waals surface area (Å²) < 4.78 is 31.0. The molecule has 0 saturated carbocycles. The van der Waals surface area contributed by atoms with Crippen LogP contribution in [0.5, 0.6) is 0 Å². The van der Waals surface area contributed by atoms with Gasteiger partial charge in [0.15, 0.2) is 6.61 Å². The molecule has 0 saturated heterocycles. The van der Waals surface area contributed by atoms with Gasteiger partial charge in [0, 0.05) is 16.8 Å². The van der Waals surface area contributed by atoms with Gasteiger partial charge in [-0.05, 0) is 43.3 Å². The van der Waals surface area contributed by atoms with Gasteiger partial charge in [-0.2, -0.15) is 4.31 Å². The van der Waals surface area contributed by atoms with Gasteiger partial charge in [-0.1, -0.05) is 59.8 Å². The van der Waals surface area contributed by atoms with Crippen LogP contribution < -0.4 is 5.32 Å². The maximum absolute atomic E-state index is 12.6. The topological polar surface area (TPSA) is 92.8 Å². The molecule has 3 rings (SSSR count). The Labute approximate surface area is 197 Å². The fourth-order valence-electron chi connectivity index (χ4n) is 2.81. The highest BCUT2D eigenvalue weighted by atomic mass is 32.2. The van der Waals surface area contributed by atoms with Crippen molar-refractivity contribution in [3.05, 3.63) is 84.4 Å². The van der Waals surface area contributed by atoms with Gasteiger partial charge < -0.3 is 10.1 Å². The Kier molecular flexibility index (Phi) is 8.26. The van der Waals surface area contributed by atoms with Crippen LogP contribution in [-0.4, -0.2) is 44.8 Å². The zero-order valence-corrected chi connectivity index (χ0v) is 19.9. The van der Waals surface area contributed by atoms with Gasteiger partial charge in [0.2, 0.25) is 10.0 Å². The monoisotopic (exact) mass is 484 g/mol. The summed E-state index contributed by atoms with van der Waals surface area (Å²) in [6.45, 7) is 0.812. The van der Waals surface area contributed by atoms with Gasteiger partial charge in [-0.15, -0.1) is 0 Å². The van der Waals surface area contributed by atoms with Gasteiger partial charge in [0.1, 0.15) is 6.54 Å². The lowest BCUT2D eigenvalue weighted by molar-refractivity contribution is -0.147. The first-order valence-electron chi connectivity index (χ1n) is 10.1. The number of likely N-dealkylation sites (N-methyl/N-ethyl adjacent to an activating group) is 1. The lowest BCUT2D eigenvalue weighted by atomic mass is 10.2. The van der Waals surface area contributed by atoms with Gasteiger partial charge >= 0.3 is 5.97 Å². The average molecular weight is 485 g/mol. The van der Waals surface area contributed by atoms with Crippen LogP contribution >= 0.6 is 11.8 Å². The van der Waals surface area contributed by atoms with Gasteiger partial charge in [0.05, 0.1) is 10.6 Å². The van der Waals surface area contributed by atoms with E-state index in [0.717, 1.165) is 19.7 Å². The number of esters is 1. The third-order valence-corrected chi connectivity index (χ3v) is 7.48. The largest absolute Gasteiger partial charge is 0.455 e. The number of anilines is 1. The quantitative estimate of drug-likeness (QED) is 0.463. The van der Waals surface area contributed by atoms with E-state index in [9.17, 15) is 18.0 Å². The highest BCUT2D eigenvalue weighted by Gasteiger charge is 2.23. The van der Waals surface area contributed by atoms with E-state index in [1.54, 1.807) is 24.3 Å². The highest BCUT2D eigenvalue weighted by molar-refractivity contribution is 7.99. The van der Waals surface area contributed by atoms with Gasteiger partial charge in [0.25, 0.3) is 5.91 Å². The van der Waals surface area contributed by atoms with Crippen LogP contribution in [0.3, 0.4) is 0 Å². The Hall–Kier alpha value is -3.14. The number of amides is 1. The van der Waals surface area contributed by atoms with E-state index in [1.807, 2.05) is 49.4 Å². The fraction of sp³-hybridized carbons (Fsp3) is 0.167. The summed E-state index contributed by atoms with van der Waals surface area (Å²) in [6, 6.07) is 23.3. The number of aryl methyl sites for hydroxylation is 1. The van der Waals surface area contributed by atoms with Crippen molar-refractivity contribution in [1.29, 1.82) is 0 Å². The van der Waals surface area contributed by atoms with Crippen molar-refractivity contribution in [2.45, 2.75) is 21.6 Å². The van der Waals surface area contributed by atoms with Gasteiger partial charge in [-0.3, -0.25) is 9.59 Å². The summed E-state index contributed by atoms with van der Waals surface area (Å²) in [7, 11) is -2.56. The number of para-hydroxylation sites is 1. The zero-order chi connectivity index (χ0) is 23.8. The van der Waals surface area contributed by atoms with E-state index in [4.69, 9.17) is 4.74 Å². The number of hydrogen-bond acceptors (Lipinski definition) is 6. The summed E-state index contributed by atoms with van der Waals surface area (Å²) in [4.78, 5) is 26.4. The molecule has 0 unspecified atom stereocenters. The molecule has 172 valence electrons. The molecule has 0 radical (unpaired) electrons. The fourth-order valence-corrected chi connectivity index (χ4v) is 4.85. The summed E-state index contributed by atoms with van der Waals surface area (Å²) >= 11 is 1.49. The molecule has 33 heavy (non-hydrogen) atoms. The minimum absolute atomic E-state index is 0.0775. The molecule has 0 aliphatic carbocycles. The number of carbonyl (C=O) groups is 2. The molecular weight excluding hydrogens is 460 g/mol. The molecule has 0 aliphatic heterocycles.